The average molecular weight is 377 g/mol. The lowest BCUT2D eigenvalue weighted by atomic mass is 10.2. The molecule has 0 aliphatic rings. The van der Waals surface area contributed by atoms with Crippen LogP contribution < -0.4 is 21.7 Å². The monoisotopic (exact) mass is 376 g/mol. The second kappa shape index (κ2) is 13.0. The number of aliphatic imine (C=N–C) groups is 2. The molecule has 1 rings (SSSR count). The van der Waals surface area contributed by atoms with Crippen LogP contribution in [0.1, 0.15) is 19.8 Å². The molecule has 142 valence electrons. The van der Waals surface area contributed by atoms with Crippen LogP contribution in [-0.2, 0) is 4.79 Å². The van der Waals surface area contributed by atoms with E-state index in [1.807, 2.05) is 42.2 Å². The minimum absolute atomic E-state index is 0.254. The molecule has 0 aliphatic carbocycles. The van der Waals surface area contributed by atoms with Gasteiger partial charge in [-0.2, -0.15) is 0 Å². The van der Waals surface area contributed by atoms with Gasteiger partial charge in [-0.25, -0.2) is 4.99 Å². The number of benzene rings is 1. The lowest BCUT2D eigenvalue weighted by Gasteiger charge is -2.24. The first-order valence-electron chi connectivity index (χ1n) is 8.55. The van der Waals surface area contributed by atoms with E-state index in [4.69, 9.17) is 11.5 Å². The molecule has 0 fully saturated rings. The number of para-hydroxylation sites is 1. The summed E-state index contributed by atoms with van der Waals surface area (Å²) in [5, 5.41) is 3.02. The van der Waals surface area contributed by atoms with E-state index in [1.54, 1.807) is 12.6 Å². The lowest BCUT2D eigenvalue weighted by Crippen LogP contribution is -2.30. The van der Waals surface area contributed by atoms with Crippen molar-refractivity contribution in [1.29, 1.82) is 0 Å². The maximum absolute atomic E-state index is 12.1. The highest BCUT2D eigenvalue weighted by Crippen LogP contribution is 2.17. The van der Waals surface area contributed by atoms with Gasteiger partial charge < -0.3 is 21.7 Å². The van der Waals surface area contributed by atoms with E-state index in [9.17, 15) is 4.79 Å². The quantitative estimate of drug-likeness (QED) is 0.346. The standard InChI is InChI=1S/C18H28N6OS/c1-3-22-17(25)18(26-14-21-2)23-13-16(20)24(12-8-7-11-19)15-9-5-4-6-10-15/h4-6,9-10,13-14H,3,7-8,11-12,19-20H2,1-2H3,(H,22,25)/b16-13-,21-14+,23-18-. The summed E-state index contributed by atoms with van der Waals surface area (Å²) in [6.07, 6.45) is 3.33. The van der Waals surface area contributed by atoms with Crippen LogP contribution in [0.25, 0.3) is 0 Å². The van der Waals surface area contributed by atoms with Crippen molar-refractivity contribution in [3.63, 3.8) is 0 Å². The third-order valence-corrected chi connectivity index (χ3v) is 4.16. The normalized spacial score (nSPS) is 12.4. The highest BCUT2D eigenvalue weighted by atomic mass is 32.2. The lowest BCUT2D eigenvalue weighted by molar-refractivity contribution is -0.114. The van der Waals surface area contributed by atoms with Crippen molar-refractivity contribution in [2.75, 3.05) is 31.6 Å². The molecular weight excluding hydrogens is 348 g/mol. The van der Waals surface area contributed by atoms with E-state index >= 15 is 0 Å². The number of anilines is 1. The Morgan fingerprint density at radius 3 is 2.65 bits per heavy atom. The van der Waals surface area contributed by atoms with Gasteiger partial charge in [0.05, 0.1) is 11.7 Å². The zero-order valence-electron chi connectivity index (χ0n) is 15.4. The first kappa shape index (κ1) is 21.7. The number of amides is 1. The molecule has 0 spiro atoms. The fourth-order valence-corrected chi connectivity index (χ4v) is 2.60. The molecule has 0 heterocycles. The van der Waals surface area contributed by atoms with Gasteiger partial charge in [-0.05, 0) is 38.4 Å². The van der Waals surface area contributed by atoms with Gasteiger partial charge in [0.1, 0.15) is 5.82 Å². The third-order valence-electron chi connectivity index (χ3n) is 3.33. The van der Waals surface area contributed by atoms with E-state index in [2.05, 4.69) is 15.3 Å². The predicted molar refractivity (Wildman–Crippen MR) is 112 cm³/mol. The number of hydrogen-bond acceptors (Lipinski definition) is 7. The number of nitrogens with two attached hydrogens (primary N) is 2. The summed E-state index contributed by atoms with van der Waals surface area (Å²) in [4.78, 5) is 22.2. The fourth-order valence-electron chi connectivity index (χ4n) is 2.11. The van der Waals surface area contributed by atoms with E-state index in [-0.39, 0.29) is 11.0 Å². The number of nitrogens with zero attached hydrogens (tertiary/aromatic N) is 3. The van der Waals surface area contributed by atoms with Crippen molar-refractivity contribution in [2.45, 2.75) is 19.8 Å². The van der Waals surface area contributed by atoms with E-state index in [0.717, 1.165) is 36.8 Å². The summed E-state index contributed by atoms with van der Waals surface area (Å²) >= 11 is 1.15. The number of hydrogen-bond donors (Lipinski definition) is 3. The van der Waals surface area contributed by atoms with Crippen molar-refractivity contribution >= 4 is 33.9 Å². The van der Waals surface area contributed by atoms with Crippen molar-refractivity contribution in [3.8, 4) is 0 Å². The summed E-state index contributed by atoms with van der Waals surface area (Å²) in [6.45, 7) is 3.74. The van der Waals surface area contributed by atoms with Gasteiger partial charge >= 0.3 is 0 Å². The second-order valence-corrected chi connectivity index (χ2v) is 6.15. The number of rotatable bonds is 9. The Morgan fingerprint density at radius 2 is 2.04 bits per heavy atom. The maximum atomic E-state index is 12.1. The van der Waals surface area contributed by atoms with Crippen molar-refractivity contribution in [1.82, 2.24) is 5.32 Å². The Morgan fingerprint density at radius 1 is 1.31 bits per heavy atom. The third kappa shape index (κ3) is 7.71. The molecule has 0 radical (unpaired) electrons. The van der Waals surface area contributed by atoms with Crippen LogP contribution in [0.15, 0.2) is 52.3 Å². The van der Waals surface area contributed by atoms with Gasteiger partial charge in [0.2, 0.25) is 0 Å². The van der Waals surface area contributed by atoms with Gasteiger partial charge in [0.25, 0.3) is 5.91 Å². The van der Waals surface area contributed by atoms with Crippen molar-refractivity contribution < 1.29 is 4.79 Å². The van der Waals surface area contributed by atoms with E-state index in [1.165, 1.54) is 6.20 Å². The summed E-state index contributed by atoms with van der Waals surface area (Å²) < 4.78 is 0. The molecule has 0 aliphatic heterocycles. The fraction of sp³-hybridized carbons (Fsp3) is 0.389. The van der Waals surface area contributed by atoms with Gasteiger partial charge in [-0.15, -0.1) is 0 Å². The molecule has 0 aromatic heterocycles. The number of unbranched alkanes of at least 4 members (excludes halogenated alkanes) is 1. The predicted octanol–water partition coefficient (Wildman–Crippen LogP) is 1.92. The topological polar surface area (TPSA) is 109 Å². The Bertz CT molecular complexity index is 630. The summed E-state index contributed by atoms with van der Waals surface area (Å²) in [5.41, 5.74) is 14.4. The van der Waals surface area contributed by atoms with Gasteiger partial charge in [0, 0.05) is 25.8 Å². The van der Waals surface area contributed by atoms with E-state index < -0.39 is 0 Å². The Hall–Kier alpha value is -2.32. The molecule has 26 heavy (non-hydrogen) atoms. The second-order valence-electron chi connectivity index (χ2n) is 5.31. The molecule has 8 heteroatoms. The minimum atomic E-state index is -0.254. The smallest absolute Gasteiger partial charge is 0.276 e. The van der Waals surface area contributed by atoms with Crippen LogP contribution in [-0.4, -0.2) is 43.2 Å². The summed E-state index contributed by atoms with van der Waals surface area (Å²) in [6, 6.07) is 9.82. The molecule has 1 aromatic carbocycles. The molecule has 0 atom stereocenters. The number of carbonyl (C=O) groups is 1. The molecule has 7 nitrogen and oxygen atoms in total. The molecular formula is C18H28N6OS. The molecule has 1 aromatic rings. The zero-order chi connectivity index (χ0) is 19.2. The van der Waals surface area contributed by atoms with Crippen LogP contribution in [0.3, 0.4) is 0 Å². The van der Waals surface area contributed by atoms with Crippen LogP contribution in [0.4, 0.5) is 5.69 Å². The van der Waals surface area contributed by atoms with Crippen LogP contribution in [0.2, 0.25) is 0 Å². The Balaban J connectivity index is 3.04. The van der Waals surface area contributed by atoms with Gasteiger partial charge in [-0.3, -0.25) is 9.79 Å². The highest BCUT2D eigenvalue weighted by Gasteiger charge is 2.11. The van der Waals surface area contributed by atoms with Crippen LogP contribution in [0.5, 0.6) is 0 Å². The Kier molecular flexibility index (Phi) is 10.8. The average Bonchev–Trinajstić information content (AvgIpc) is 2.66. The first-order chi connectivity index (χ1) is 12.6. The SMILES string of the molecule is CCNC(=O)/C(=N/C=C(/N)N(CCCCN)c1ccccc1)S/C=N/C. The number of carbonyl (C=O) groups excluding carboxylic acids is 1. The minimum Gasteiger partial charge on any atom is -0.384 e. The van der Waals surface area contributed by atoms with Crippen molar-refractivity contribution in [2.24, 2.45) is 21.5 Å². The van der Waals surface area contributed by atoms with Crippen molar-refractivity contribution in [3.05, 3.63) is 42.4 Å². The molecule has 0 saturated carbocycles. The van der Waals surface area contributed by atoms with Crippen LogP contribution in [0, 0.1) is 0 Å². The van der Waals surface area contributed by atoms with Crippen LogP contribution >= 0.6 is 11.8 Å². The number of nitrogens with one attached hydrogen (secondary N) is 1. The largest absolute Gasteiger partial charge is 0.384 e. The molecule has 0 bridgehead atoms. The summed E-state index contributed by atoms with van der Waals surface area (Å²) in [7, 11) is 1.64. The number of thioether (sulfide) groups is 1. The first-order valence-corrected chi connectivity index (χ1v) is 9.43. The summed E-state index contributed by atoms with van der Waals surface area (Å²) in [5.74, 6) is 0.208. The molecule has 0 saturated heterocycles. The maximum Gasteiger partial charge on any atom is 0.276 e. The molecule has 1 amide bonds. The molecule has 5 N–H and O–H groups in total. The zero-order valence-corrected chi connectivity index (χ0v) is 16.2. The van der Waals surface area contributed by atoms with Gasteiger partial charge in [-0.1, -0.05) is 30.0 Å². The van der Waals surface area contributed by atoms with E-state index in [0.29, 0.717) is 18.9 Å². The molecule has 0 unspecified atom stereocenters. The highest BCUT2D eigenvalue weighted by molar-refractivity contribution is 8.26. The van der Waals surface area contributed by atoms with Gasteiger partial charge in [0.15, 0.2) is 5.04 Å². The Labute approximate surface area is 159 Å².